The van der Waals surface area contributed by atoms with Crippen LogP contribution in [-0.2, 0) is 4.79 Å². The second kappa shape index (κ2) is 5.53. The predicted molar refractivity (Wildman–Crippen MR) is 66.8 cm³/mol. The summed E-state index contributed by atoms with van der Waals surface area (Å²) in [6, 6.07) is 0.851. The molecule has 0 saturated carbocycles. The van der Waals surface area contributed by atoms with Gasteiger partial charge in [0.25, 0.3) is 0 Å². The Morgan fingerprint density at radius 1 is 1.44 bits per heavy atom. The zero-order valence-corrected chi connectivity index (χ0v) is 11.5. The first-order chi connectivity index (χ1) is 7.43. The van der Waals surface area contributed by atoms with E-state index in [1.165, 1.54) is 5.16 Å². The van der Waals surface area contributed by atoms with Gasteiger partial charge in [0.2, 0.25) is 0 Å². The van der Waals surface area contributed by atoms with Crippen LogP contribution in [0.3, 0.4) is 0 Å². The highest BCUT2D eigenvalue weighted by Crippen LogP contribution is 2.20. The van der Waals surface area contributed by atoms with Crippen LogP contribution in [0.15, 0.2) is 17.6 Å². The molecule has 1 aromatic rings. The fourth-order valence-electron chi connectivity index (χ4n) is 1.51. The zero-order chi connectivity index (χ0) is 12.3. The van der Waals surface area contributed by atoms with Crippen LogP contribution in [-0.4, -0.2) is 16.1 Å². The molecule has 0 fully saturated rings. The molecule has 1 heterocycles. The molecule has 0 saturated heterocycles. The van der Waals surface area contributed by atoms with E-state index in [4.69, 9.17) is 0 Å². The Morgan fingerprint density at radius 3 is 2.50 bits per heavy atom. The van der Waals surface area contributed by atoms with Gasteiger partial charge < -0.3 is 0 Å². The number of thioether (sulfide) groups is 1. The number of hydrogen-bond acceptors (Lipinski definition) is 2. The Labute approximate surface area is 102 Å². The van der Waals surface area contributed by atoms with Crippen LogP contribution in [0.25, 0.3) is 0 Å². The second-order valence-electron chi connectivity index (χ2n) is 4.57. The van der Waals surface area contributed by atoms with Crippen molar-refractivity contribution in [1.29, 1.82) is 0 Å². The molecule has 0 N–H and O–H groups in total. The van der Waals surface area contributed by atoms with Gasteiger partial charge in [-0.1, -0.05) is 0 Å². The summed E-state index contributed by atoms with van der Waals surface area (Å²) in [4.78, 5) is 11.1. The molecule has 90 valence electrons. The van der Waals surface area contributed by atoms with Gasteiger partial charge in [0, 0.05) is 0 Å². The van der Waals surface area contributed by atoms with Gasteiger partial charge in [-0.25, -0.2) is 9.13 Å². The number of carbonyl (C=O) groups excluding carboxylic acids is 1. The molecule has 0 unspecified atom stereocenters. The van der Waals surface area contributed by atoms with Crippen molar-refractivity contribution in [1.82, 2.24) is 4.57 Å². The summed E-state index contributed by atoms with van der Waals surface area (Å²) in [6.45, 7) is 10.3. The van der Waals surface area contributed by atoms with Gasteiger partial charge in [-0.15, -0.1) is 0 Å². The van der Waals surface area contributed by atoms with E-state index in [-0.39, 0.29) is 5.78 Å². The van der Waals surface area contributed by atoms with Gasteiger partial charge in [-0.05, 0) is 46.4 Å². The van der Waals surface area contributed by atoms with Crippen molar-refractivity contribution in [2.24, 2.45) is 0 Å². The summed E-state index contributed by atoms with van der Waals surface area (Å²) in [5.74, 6) is 0.764. The standard InChI is InChI=1S/C12H21N2OS/c1-9(2)13-6-7-14(10(3)4)12(13)16-8-11(5)15/h6-7,9-10H,8H2,1-5H3/q+1. The van der Waals surface area contributed by atoms with E-state index in [0.29, 0.717) is 17.8 Å². The van der Waals surface area contributed by atoms with E-state index >= 15 is 0 Å². The monoisotopic (exact) mass is 241 g/mol. The van der Waals surface area contributed by atoms with E-state index in [1.54, 1.807) is 18.7 Å². The Morgan fingerprint density at radius 2 is 2.06 bits per heavy atom. The molecule has 0 atom stereocenters. The number of ketones is 1. The average Bonchev–Trinajstić information content (AvgIpc) is 2.57. The maximum atomic E-state index is 11.1. The van der Waals surface area contributed by atoms with Crippen molar-refractivity contribution in [2.75, 3.05) is 5.75 Å². The van der Waals surface area contributed by atoms with Crippen LogP contribution < -0.4 is 4.57 Å². The molecule has 0 aliphatic carbocycles. The van der Waals surface area contributed by atoms with E-state index < -0.39 is 0 Å². The normalized spacial score (nSPS) is 11.4. The SMILES string of the molecule is CC(=O)CSc1n(C(C)C)cc[n+]1C(C)C. The zero-order valence-electron chi connectivity index (χ0n) is 10.7. The summed E-state index contributed by atoms with van der Waals surface area (Å²) in [7, 11) is 0. The van der Waals surface area contributed by atoms with Crippen molar-refractivity contribution >= 4 is 17.5 Å². The van der Waals surface area contributed by atoms with Crippen molar-refractivity contribution < 1.29 is 9.36 Å². The van der Waals surface area contributed by atoms with Crippen molar-refractivity contribution in [3.05, 3.63) is 12.4 Å². The molecule has 1 aromatic heterocycles. The molecule has 0 amide bonds. The molecule has 4 heteroatoms. The lowest BCUT2D eigenvalue weighted by atomic mass is 10.4. The van der Waals surface area contributed by atoms with Crippen LogP contribution in [0.5, 0.6) is 0 Å². The molecule has 1 rings (SSSR count). The number of Topliss-reactive ketones (excluding diaryl/α,β-unsaturated/α-hetero) is 1. The molecule has 3 nitrogen and oxygen atoms in total. The fourth-order valence-corrected chi connectivity index (χ4v) is 2.68. The van der Waals surface area contributed by atoms with Crippen molar-refractivity contribution in [3.8, 4) is 0 Å². The minimum Gasteiger partial charge on any atom is -0.299 e. The Bertz CT molecular complexity index is 344. The minimum atomic E-state index is 0.219. The topological polar surface area (TPSA) is 25.9 Å². The fraction of sp³-hybridized carbons (Fsp3) is 0.667. The predicted octanol–water partition coefficient (Wildman–Crippen LogP) is 2.62. The highest BCUT2D eigenvalue weighted by atomic mass is 32.2. The Kier molecular flexibility index (Phi) is 4.59. The van der Waals surface area contributed by atoms with Crippen molar-refractivity contribution in [2.45, 2.75) is 51.9 Å². The Hall–Kier alpha value is -0.770. The lowest BCUT2D eigenvalue weighted by molar-refractivity contribution is -0.751. The van der Waals surface area contributed by atoms with Gasteiger partial charge in [0.15, 0.2) is 0 Å². The van der Waals surface area contributed by atoms with Crippen LogP contribution >= 0.6 is 11.8 Å². The maximum Gasteiger partial charge on any atom is 0.318 e. The third-order valence-corrected chi connectivity index (χ3v) is 3.58. The van der Waals surface area contributed by atoms with Crippen LogP contribution in [0.4, 0.5) is 0 Å². The number of rotatable bonds is 5. The average molecular weight is 241 g/mol. The van der Waals surface area contributed by atoms with E-state index in [0.717, 1.165) is 0 Å². The third kappa shape index (κ3) is 3.11. The first-order valence-corrected chi connectivity index (χ1v) is 6.66. The van der Waals surface area contributed by atoms with Crippen LogP contribution in [0, 0.1) is 0 Å². The molecule has 0 radical (unpaired) electrons. The maximum absolute atomic E-state index is 11.1. The molecule has 0 aliphatic heterocycles. The van der Waals surface area contributed by atoms with E-state index in [1.807, 2.05) is 0 Å². The lowest BCUT2D eigenvalue weighted by Crippen LogP contribution is -2.37. The summed E-state index contributed by atoms with van der Waals surface area (Å²) in [5.41, 5.74) is 0. The number of aromatic nitrogens is 2. The molecular weight excluding hydrogens is 220 g/mol. The summed E-state index contributed by atoms with van der Waals surface area (Å²) >= 11 is 1.62. The highest BCUT2D eigenvalue weighted by Gasteiger charge is 2.22. The third-order valence-electron chi connectivity index (χ3n) is 2.35. The molecule has 0 aromatic carbocycles. The number of carbonyl (C=O) groups is 1. The van der Waals surface area contributed by atoms with Gasteiger partial charge in [-0.2, -0.15) is 0 Å². The first kappa shape index (κ1) is 13.3. The van der Waals surface area contributed by atoms with Gasteiger partial charge in [-0.3, -0.25) is 4.79 Å². The minimum absolute atomic E-state index is 0.219. The van der Waals surface area contributed by atoms with Crippen LogP contribution in [0.2, 0.25) is 0 Å². The Balaban J connectivity index is 2.99. The lowest BCUT2D eigenvalue weighted by Gasteiger charge is -2.08. The molecular formula is C12H21N2OS+. The second-order valence-corrected chi connectivity index (χ2v) is 5.52. The largest absolute Gasteiger partial charge is 0.318 e. The smallest absolute Gasteiger partial charge is 0.299 e. The van der Waals surface area contributed by atoms with Gasteiger partial charge in [0.1, 0.15) is 18.2 Å². The number of hydrogen-bond donors (Lipinski definition) is 0. The molecule has 0 bridgehead atoms. The molecule has 0 aliphatic rings. The summed E-state index contributed by atoms with van der Waals surface area (Å²) in [6.07, 6.45) is 4.18. The van der Waals surface area contributed by atoms with Crippen molar-refractivity contribution in [3.63, 3.8) is 0 Å². The molecule has 0 spiro atoms. The number of imidazole rings is 1. The quantitative estimate of drug-likeness (QED) is 0.585. The van der Waals surface area contributed by atoms with Gasteiger partial charge >= 0.3 is 5.16 Å². The van der Waals surface area contributed by atoms with E-state index in [2.05, 4.69) is 49.2 Å². The summed E-state index contributed by atoms with van der Waals surface area (Å²) < 4.78 is 4.43. The molecule has 16 heavy (non-hydrogen) atoms. The summed E-state index contributed by atoms with van der Waals surface area (Å²) in [5, 5.41) is 1.17. The highest BCUT2D eigenvalue weighted by molar-refractivity contribution is 7.99. The number of nitrogens with zero attached hydrogens (tertiary/aromatic N) is 2. The van der Waals surface area contributed by atoms with E-state index in [9.17, 15) is 4.79 Å². The van der Waals surface area contributed by atoms with Crippen LogP contribution in [0.1, 0.15) is 46.7 Å². The first-order valence-electron chi connectivity index (χ1n) is 5.67. The van der Waals surface area contributed by atoms with Gasteiger partial charge in [0.05, 0.1) is 17.8 Å².